The largest absolute Gasteiger partial charge is 0.399 e. The molecule has 2 nitrogen and oxygen atoms in total. The summed E-state index contributed by atoms with van der Waals surface area (Å²) in [6.45, 7) is 8.60. The molecule has 1 saturated heterocycles. The zero-order chi connectivity index (χ0) is 13.5. The highest BCUT2D eigenvalue weighted by Gasteiger charge is 2.45. The normalized spacial score (nSPS) is 30.2. The number of hydrogen-bond donors (Lipinski definition) is 1. The Kier molecular flexibility index (Phi) is 3.30. The van der Waals surface area contributed by atoms with E-state index in [0.717, 1.165) is 17.5 Å². The molecule has 0 radical (unpaired) electrons. The molecule has 1 aromatic carbocycles. The van der Waals surface area contributed by atoms with Crippen LogP contribution in [-0.4, -0.2) is 24.5 Å². The standard InChI is InChI=1S/C17H26N2/c1-13-7-10-19(11-14(13)2)12-17(8-9-17)15-3-5-16(18)6-4-15/h3-6,13-14H,7-12,18H2,1-2H3. The molecule has 2 N–H and O–H groups in total. The van der Waals surface area contributed by atoms with Gasteiger partial charge in [0.1, 0.15) is 0 Å². The molecule has 2 fully saturated rings. The summed E-state index contributed by atoms with van der Waals surface area (Å²) in [5.41, 5.74) is 8.60. The van der Waals surface area contributed by atoms with Gasteiger partial charge < -0.3 is 10.6 Å². The highest BCUT2D eigenvalue weighted by molar-refractivity contribution is 5.43. The maximum absolute atomic E-state index is 5.80. The van der Waals surface area contributed by atoms with Crippen LogP contribution in [-0.2, 0) is 5.41 Å². The molecule has 2 heteroatoms. The molecule has 1 aliphatic heterocycles. The zero-order valence-corrected chi connectivity index (χ0v) is 12.2. The Hall–Kier alpha value is -1.02. The van der Waals surface area contributed by atoms with Gasteiger partial charge in [0.05, 0.1) is 0 Å². The van der Waals surface area contributed by atoms with Crippen LogP contribution in [0.25, 0.3) is 0 Å². The van der Waals surface area contributed by atoms with E-state index in [-0.39, 0.29) is 0 Å². The number of nitrogens with two attached hydrogens (primary N) is 1. The van der Waals surface area contributed by atoms with Crippen molar-refractivity contribution in [1.82, 2.24) is 4.90 Å². The van der Waals surface area contributed by atoms with E-state index in [1.165, 1.54) is 44.5 Å². The van der Waals surface area contributed by atoms with E-state index in [1.54, 1.807) is 0 Å². The summed E-state index contributed by atoms with van der Waals surface area (Å²) in [7, 11) is 0. The third kappa shape index (κ3) is 2.64. The van der Waals surface area contributed by atoms with Crippen LogP contribution in [0.3, 0.4) is 0 Å². The molecule has 0 spiro atoms. The van der Waals surface area contributed by atoms with Crippen LogP contribution in [0.1, 0.15) is 38.7 Å². The van der Waals surface area contributed by atoms with Crippen molar-refractivity contribution in [2.75, 3.05) is 25.4 Å². The van der Waals surface area contributed by atoms with Crippen LogP contribution >= 0.6 is 0 Å². The minimum absolute atomic E-state index is 0.438. The molecule has 0 amide bonds. The van der Waals surface area contributed by atoms with Gasteiger partial charge in [-0.15, -0.1) is 0 Å². The topological polar surface area (TPSA) is 29.3 Å². The molecule has 2 unspecified atom stereocenters. The second kappa shape index (κ2) is 4.82. The lowest BCUT2D eigenvalue weighted by molar-refractivity contribution is 0.128. The van der Waals surface area contributed by atoms with Gasteiger partial charge in [0, 0.05) is 24.2 Å². The predicted octanol–water partition coefficient (Wildman–Crippen LogP) is 3.28. The molecule has 2 atom stereocenters. The predicted molar refractivity (Wildman–Crippen MR) is 81.2 cm³/mol. The molecule has 104 valence electrons. The van der Waals surface area contributed by atoms with Gasteiger partial charge in [-0.05, 0) is 55.3 Å². The molecule has 1 aromatic rings. The Morgan fingerprint density at radius 1 is 1.16 bits per heavy atom. The number of rotatable bonds is 3. The summed E-state index contributed by atoms with van der Waals surface area (Å²) in [5, 5.41) is 0. The number of benzene rings is 1. The number of nitrogen functional groups attached to an aromatic ring is 1. The first kappa shape index (κ1) is 13.0. The van der Waals surface area contributed by atoms with Crippen LogP contribution in [0.4, 0.5) is 5.69 Å². The highest BCUT2D eigenvalue weighted by Crippen LogP contribution is 2.49. The number of likely N-dealkylation sites (tertiary alicyclic amines) is 1. The lowest BCUT2D eigenvalue weighted by atomic mass is 9.87. The fourth-order valence-corrected chi connectivity index (χ4v) is 3.45. The summed E-state index contributed by atoms with van der Waals surface area (Å²) >= 11 is 0. The van der Waals surface area contributed by atoms with Gasteiger partial charge in [-0.25, -0.2) is 0 Å². The van der Waals surface area contributed by atoms with E-state index in [1.807, 2.05) is 0 Å². The van der Waals surface area contributed by atoms with Crippen molar-refractivity contribution in [3.05, 3.63) is 29.8 Å². The molecular weight excluding hydrogens is 232 g/mol. The van der Waals surface area contributed by atoms with E-state index in [9.17, 15) is 0 Å². The Morgan fingerprint density at radius 3 is 2.42 bits per heavy atom. The third-order valence-electron chi connectivity index (χ3n) is 5.32. The maximum atomic E-state index is 5.80. The molecule has 2 aliphatic rings. The van der Waals surface area contributed by atoms with Crippen LogP contribution in [0.5, 0.6) is 0 Å². The van der Waals surface area contributed by atoms with Crippen LogP contribution < -0.4 is 5.73 Å². The molecule has 19 heavy (non-hydrogen) atoms. The lowest BCUT2D eigenvalue weighted by Crippen LogP contribution is -2.42. The number of anilines is 1. The van der Waals surface area contributed by atoms with Gasteiger partial charge in [0.2, 0.25) is 0 Å². The Balaban J connectivity index is 1.67. The van der Waals surface area contributed by atoms with Crippen molar-refractivity contribution < 1.29 is 0 Å². The molecule has 0 bridgehead atoms. The summed E-state index contributed by atoms with van der Waals surface area (Å²) in [4.78, 5) is 2.69. The number of hydrogen-bond acceptors (Lipinski definition) is 2. The van der Waals surface area contributed by atoms with Gasteiger partial charge >= 0.3 is 0 Å². The van der Waals surface area contributed by atoms with Gasteiger partial charge in [0.25, 0.3) is 0 Å². The van der Waals surface area contributed by atoms with Crippen LogP contribution in [0.2, 0.25) is 0 Å². The van der Waals surface area contributed by atoms with E-state index in [0.29, 0.717) is 5.41 Å². The minimum atomic E-state index is 0.438. The third-order valence-corrected chi connectivity index (χ3v) is 5.32. The molecule has 1 heterocycles. The Morgan fingerprint density at radius 2 is 1.84 bits per heavy atom. The smallest absolute Gasteiger partial charge is 0.0314 e. The molecule has 1 saturated carbocycles. The first-order chi connectivity index (χ1) is 9.09. The lowest BCUT2D eigenvalue weighted by Gasteiger charge is -2.37. The van der Waals surface area contributed by atoms with Gasteiger partial charge in [-0.3, -0.25) is 0 Å². The molecule has 3 rings (SSSR count). The van der Waals surface area contributed by atoms with Crippen molar-refractivity contribution in [3.8, 4) is 0 Å². The fraction of sp³-hybridized carbons (Fsp3) is 0.647. The molecule has 0 aromatic heterocycles. The summed E-state index contributed by atoms with van der Waals surface area (Å²) in [6, 6.07) is 8.57. The Labute approximate surface area is 117 Å². The second-order valence-electron chi connectivity index (χ2n) is 6.88. The average molecular weight is 258 g/mol. The molecule has 1 aliphatic carbocycles. The van der Waals surface area contributed by atoms with Crippen LogP contribution in [0.15, 0.2) is 24.3 Å². The van der Waals surface area contributed by atoms with Gasteiger partial charge in [0.15, 0.2) is 0 Å². The zero-order valence-electron chi connectivity index (χ0n) is 12.2. The number of piperidine rings is 1. The monoisotopic (exact) mass is 258 g/mol. The van der Waals surface area contributed by atoms with E-state index in [2.05, 4.69) is 43.0 Å². The summed E-state index contributed by atoms with van der Waals surface area (Å²) in [5.74, 6) is 1.74. The van der Waals surface area contributed by atoms with E-state index >= 15 is 0 Å². The van der Waals surface area contributed by atoms with Gasteiger partial charge in [-0.1, -0.05) is 26.0 Å². The average Bonchev–Trinajstić information content (AvgIpc) is 3.16. The first-order valence-corrected chi connectivity index (χ1v) is 7.67. The van der Waals surface area contributed by atoms with Crippen molar-refractivity contribution in [2.45, 2.75) is 38.5 Å². The van der Waals surface area contributed by atoms with Crippen molar-refractivity contribution >= 4 is 5.69 Å². The maximum Gasteiger partial charge on any atom is 0.0314 e. The quantitative estimate of drug-likeness (QED) is 0.843. The van der Waals surface area contributed by atoms with Crippen molar-refractivity contribution in [2.24, 2.45) is 11.8 Å². The minimum Gasteiger partial charge on any atom is -0.399 e. The number of nitrogens with zero attached hydrogens (tertiary/aromatic N) is 1. The van der Waals surface area contributed by atoms with Gasteiger partial charge in [-0.2, -0.15) is 0 Å². The molecular formula is C17H26N2. The van der Waals surface area contributed by atoms with E-state index < -0.39 is 0 Å². The Bertz CT molecular complexity index is 433. The second-order valence-corrected chi connectivity index (χ2v) is 6.88. The first-order valence-electron chi connectivity index (χ1n) is 7.67. The SMILES string of the molecule is CC1CCN(CC2(c3ccc(N)cc3)CC2)CC1C. The summed E-state index contributed by atoms with van der Waals surface area (Å²) < 4.78 is 0. The van der Waals surface area contributed by atoms with Crippen molar-refractivity contribution in [3.63, 3.8) is 0 Å². The fourth-order valence-electron chi connectivity index (χ4n) is 3.45. The van der Waals surface area contributed by atoms with E-state index in [4.69, 9.17) is 5.73 Å². The highest BCUT2D eigenvalue weighted by atomic mass is 15.1. The van der Waals surface area contributed by atoms with Crippen molar-refractivity contribution in [1.29, 1.82) is 0 Å². The summed E-state index contributed by atoms with van der Waals surface area (Å²) in [6.07, 6.45) is 4.05. The van der Waals surface area contributed by atoms with Crippen LogP contribution in [0, 0.1) is 11.8 Å².